The van der Waals surface area contributed by atoms with Crippen molar-refractivity contribution in [3.63, 3.8) is 0 Å². The summed E-state index contributed by atoms with van der Waals surface area (Å²) in [5.41, 5.74) is 2.65. The van der Waals surface area contributed by atoms with Crippen LogP contribution in [-0.4, -0.2) is 30.1 Å². The van der Waals surface area contributed by atoms with Crippen molar-refractivity contribution in [1.82, 2.24) is 9.97 Å². The normalized spacial score (nSPS) is 19.5. The molecule has 98 valence electrons. The van der Waals surface area contributed by atoms with Crippen LogP contribution in [0.2, 0.25) is 0 Å². The number of fused-ring (bicyclic) bond motifs is 1. The second-order valence-electron chi connectivity index (χ2n) is 5.30. The molecule has 1 aromatic heterocycles. The topological polar surface area (TPSA) is 41.1 Å². The van der Waals surface area contributed by atoms with Crippen molar-refractivity contribution in [3.05, 3.63) is 11.3 Å². The van der Waals surface area contributed by atoms with Crippen molar-refractivity contribution in [3.8, 4) is 0 Å². The summed E-state index contributed by atoms with van der Waals surface area (Å²) in [5.74, 6) is 2.00. The predicted octanol–water partition coefficient (Wildman–Crippen LogP) is 2.39. The molecule has 0 bridgehead atoms. The van der Waals surface area contributed by atoms with E-state index in [0.29, 0.717) is 0 Å². The smallest absolute Gasteiger partial charge is 0.227 e. The number of aromatic nitrogens is 2. The molecule has 1 aliphatic carbocycles. The summed E-state index contributed by atoms with van der Waals surface area (Å²) >= 11 is 0. The molecule has 3 rings (SSSR count). The molecule has 0 amide bonds. The number of nitrogens with zero attached hydrogens (tertiary/aromatic N) is 3. The first-order valence-corrected chi connectivity index (χ1v) is 7.21. The molecule has 1 saturated heterocycles. The quantitative estimate of drug-likeness (QED) is 0.814. The van der Waals surface area contributed by atoms with E-state index in [0.717, 1.165) is 37.7 Å². The van der Waals surface area contributed by atoms with Gasteiger partial charge in [-0.25, -0.2) is 4.98 Å². The monoisotopic (exact) mass is 246 g/mol. The Bertz CT molecular complexity index is 424. The molecule has 1 N–H and O–H groups in total. The molecule has 0 unspecified atom stereocenters. The number of hydrogen-bond donors (Lipinski definition) is 1. The maximum absolute atomic E-state index is 4.84. The Kier molecular flexibility index (Phi) is 3.35. The van der Waals surface area contributed by atoms with E-state index in [4.69, 9.17) is 9.97 Å². The first-order valence-electron chi connectivity index (χ1n) is 7.21. The van der Waals surface area contributed by atoms with Crippen LogP contribution in [0.5, 0.6) is 0 Å². The molecule has 4 heteroatoms. The minimum atomic E-state index is 0.942. The average Bonchev–Trinajstić information content (AvgIpc) is 2.83. The highest BCUT2D eigenvalue weighted by atomic mass is 15.3. The highest BCUT2D eigenvalue weighted by molar-refractivity contribution is 5.51. The Balaban J connectivity index is 1.98. The molecule has 0 atom stereocenters. The third kappa shape index (κ3) is 2.16. The maximum atomic E-state index is 4.84. The minimum absolute atomic E-state index is 0.942. The Morgan fingerprint density at radius 3 is 2.50 bits per heavy atom. The molecule has 18 heavy (non-hydrogen) atoms. The summed E-state index contributed by atoms with van der Waals surface area (Å²) < 4.78 is 0. The van der Waals surface area contributed by atoms with E-state index in [1.807, 2.05) is 7.05 Å². The zero-order valence-electron chi connectivity index (χ0n) is 11.2. The maximum Gasteiger partial charge on any atom is 0.227 e. The van der Waals surface area contributed by atoms with Gasteiger partial charge in [0.05, 0.1) is 5.69 Å². The largest absolute Gasteiger partial charge is 0.373 e. The first-order chi connectivity index (χ1) is 8.88. The molecule has 1 aliphatic heterocycles. The molecule has 0 aromatic carbocycles. The Hall–Kier alpha value is -1.32. The van der Waals surface area contributed by atoms with Crippen LogP contribution >= 0.6 is 0 Å². The fraction of sp³-hybridized carbons (Fsp3) is 0.714. The van der Waals surface area contributed by atoms with Crippen molar-refractivity contribution in [1.29, 1.82) is 0 Å². The second kappa shape index (κ2) is 5.12. The molecule has 0 saturated carbocycles. The van der Waals surface area contributed by atoms with Crippen LogP contribution in [-0.2, 0) is 12.8 Å². The van der Waals surface area contributed by atoms with E-state index in [1.54, 1.807) is 0 Å². The molecule has 2 heterocycles. The van der Waals surface area contributed by atoms with Crippen LogP contribution in [0.15, 0.2) is 0 Å². The van der Waals surface area contributed by atoms with Crippen molar-refractivity contribution >= 4 is 11.8 Å². The lowest BCUT2D eigenvalue weighted by molar-refractivity contribution is 0.708. The first kappa shape index (κ1) is 11.8. The van der Waals surface area contributed by atoms with E-state index in [9.17, 15) is 0 Å². The van der Waals surface area contributed by atoms with E-state index in [2.05, 4.69) is 10.2 Å². The fourth-order valence-corrected chi connectivity index (χ4v) is 3.02. The lowest BCUT2D eigenvalue weighted by Gasteiger charge is -2.19. The lowest BCUT2D eigenvalue weighted by atomic mass is 10.1. The molecule has 1 aromatic rings. The van der Waals surface area contributed by atoms with Crippen LogP contribution in [0.1, 0.15) is 43.4 Å². The third-order valence-corrected chi connectivity index (χ3v) is 4.05. The van der Waals surface area contributed by atoms with Gasteiger partial charge in [-0.3, -0.25) is 0 Å². The van der Waals surface area contributed by atoms with Gasteiger partial charge in [-0.05, 0) is 38.5 Å². The summed E-state index contributed by atoms with van der Waals surface area (Å²) in [6, 6.07) is 0. The van der Waals surface area contributed by atoms with E-state index >= 15 is 0 Å². The van der Waals surface area contributed by atoms with E-state index in [-0.39, 0.29) is 0 Å². The summed E-state index contributed by atoms with van der Waals surface area (Å²) in [7, 11) is 1.97. The van der Waals surface area contributed by atoms with Crippen LogP contribution in [0.3, 0.4) is 0 Å². The molecule has 0 spiro atoms. The predicted molar refractivity (Wildman–Crippen MR) is 74.3 cm³/mol. The van der Waals surface area contributed by atoms with Gasteiger partial charge >= 0.3 is 0 Å². The summed E-state index contributed by atoms with van der Waals surface area (Å²) in [5, 5.41) is 3.27. The Morgan fingerprint density at radius 1 is 0.944 bits per heavy atom. The molecular formula is C14H22N4. The Morgan fingerprint density at radius 2 is 1.72 bits per heavy atom. The van der Waals surface area contributed by atoms with E-state index < -0.39 is 0 Å². The summed E-state index contributed by atoms with van der Waals surface area (Å²) in [6.07, 6.45) is 8.66. The SMILES string of the molecule is CNc1nc(N2CCCC2)nc2c1CCCCC2. The molecule has 0 radical (unpaired) electrons. The van der Waals surface area contributed by atoms with Gasteiger partial charge in [-0.15, -0.1) is 0 Å². The molecule has 2 aliphatic rings. The van der Waals surface area contributed by atoms with Crippen molar-refractivity contribution in [2.75, 3.05) is 30.4 Å². The van der Waals surface area contributed by atoms with Gasteiger partial charge < -0.3 is 10.2 Å². The summed E-state index contributed by atoms with van der Waals surface area (Å²) in [4.78, 5) is 11.9. The highest BCUT2D eigenvalue weighted by Gasteiger charge is 2.20. The van der Waals surface area contributed by atoms with Crippen LogP contribution in [0.25, 0.3) is 0 Å². The van der Waals surface area contributed by atoms with Crippen molar-refractivity contribution in [2.24, 2.45) is 0 Å². The second-order valence-corrected chi connectivity index (χ2v) is 5.30. The number of anilines is 2. The average molecular weight is 246 g/mol. The standard InChI is InChI=1S/C14H22N4/c1-15-13-11-7-3-2-4-8-12(11)16-14(17-13)18-9-5-6-10-18/h2-10H2,1H3,(H,15,16,17). The number of rotatable bonds is 2. The van der Waals surface area contributed by atoms with Gasteiger partial charge in [0.15, 0.2) is 0 Å². The number of hydrogen-bond acceptors (Lipinski definition) is 4. The van der Waals surface area contributed by atoms with Crippen LogP contribution in [0, 0.1) is 0 Å². The van der Waals surface area contributed by atoms with Gasteiger partial charge in [0.1, 0.15) is 5.82 Å². The van der Waals surface area contributed by atoms with E-state index in [1.165, 1.54) is 43.4 Å². The zero-order chi connectivity index (χ0) is 12.4. The lowest BCUT2D eigenvalue weighted by Crippen LogP contribution is -2.22. The fourth-order valence-electron chi connectivity index (χ4n) is 3.02. The van der Waals surface area contributed by atoms with Gasteiger partial charge in [-0.2, -0.15) is 4.98 Å². The highest BCUT2D eigenvalue weighted by Crippen LogP contribution is 2.27. The molecule has 4 nitrogen and oxygen atoms in total. The van der Waals surface area contributed by atoms with Gasteiger partial charge in [-0.1, -0.05) is 6.42 Å². The molecular weight excluding hydrogens is 224 g/mol. The Labute approximate surface area is 109 Å². The summed E-state index contributed by atoms with van der Waals surface area (Å²) in [6.45, 7) is 2.23. The molecule has 1 fully saturated rings. The number of nitrogens with one attached hydrogen (secondary N) is 1. The van der Waals surface area contributed by atoms with Gasteiger partial charge in [0.25, 0.3) is 0 Å². The van der Waals surface area contributed by atoms with Crippen LogP contribution in [0.4, 0.5) is 11.8 Å². The minimum Gasteiger partial charge on any atom is -0.373 e. The van der Waals surface area contributed by atoms with Crippen molar-refractivity contribution < 1.29 is 0 Å². The van der Waals surface area contributed by atoms with Gasteiger partial charge in [0, 0.05) is 25.7 Å². The third-order valence-electron chi connectivity index (χ3n) is 4.05. The number of aryl methyl sites for hydroxylation is 1. The van der Waals surface area contributed by atoms with Crippen molar-refractivity contribution in [2.45, 2.75) is 44.9 Å². The zero-order valence-corrected chi connectivity index (χ0v) is 11.2. The van der Waals surface area contributed by atoms with Crippen LogP contribution < -0.4 is 10.2 Å². The van der Waals surface area contributed by atoms with Gasteiger partial charge in [0.2, 0.25) is 5.95 Å².